The first-order valence-electron chi connectivity index (χ1n) is 8.65. The highest BCUT2D eigenvalue weighted by atomic mass is 32.2. The van der Waals surface area contributed by atoms with E-state index in [-0.39, 0.29) is 23.5 Å². The number of nitriles is 1. The maximum atomic E-state index is 13.0. The summed E-state index contributed by atoms with van der Waals surface area (Å²) in [6.07, 6.45) is 1.28. The maximum absolute atomic E-state index is 13.0. The van der Waals surface area contributed by atoms with Crippen molar-refractivity contribution in [1.82, 2.24) is 4.90 Å². The van der Waals surface area contributed by atoms with Gasteiger partial charge in [0, 0.05) is 12.6 Å². The van der Waals surface area contributed by atoms with E-state index in [4.69, 9.17) is 5.26 Å². The molecule has 1 atom stereocenters. The summed E-state index contributed by atoms with van der Waals surface area (Å²) in [5.74, 6) is -0.698. The average Bonchev–Trinajstić information content (AvgIpc) is 3.35. The highest BCUT2D eigenvalue weighted by molar-refractivity contribution is 7.91. The average molecular weight is 375 g/mol. The zero-order valence-corrected chi connectivity index (χ0v) is 15.4. The van der Waals surface area contributed by atoms with Crippen molar-refractivity contribution in [2.75, 3.05) is 23.4 Å². The molecule has 2 amide bonds. The van der Waals surface area contributed by atoms with Crippen LogP contribution in [-0.2, 0) is 19.4 Å². The monoisotopic (exact) mass is 375 g/mol. The summed E-state index contributed by atoms with van der Waals surface area (Å²) in [4.78, 5) is 27.4. The molecule has 2 aliphatic rings. The normalized spacial score (nSPS) is 22.2. The number of rotatable bonds is 5. The summed E-state index contributed by atoms with van der Waals surface area (Å²) in [7, 11) is -3.12. The Labute approximate surface area is 152 Å². The van der Waals surface area contributed by atoms with Crippen molar-refractivity contribution in [3.05, 3.63) is 29.8 Å². The summed E-state index contributed by atoms with van der Waals surface area (Å²) in [6.45, 7) is 2.16. The van der Waals surface area contributed by atoms with Crippen LogP contribution in [0.5, 0.6) is 0 Å². The number of carbonyl (C=O) groups is 2. The smallest absolute Gasteiger partial charge is 0.240 e. The van der Waals surface area contributed by atoms with Gasteiger partial charge >= 0.3 is 0 Å². The Balaban J connectivity index is 1.78. The van der Waals surface area contributed by atoms with Crippen molar-refractivity contribution in [3.63, 3.8) is 0 Å². The fourth-order valence-corrected chi connectivity index (χ4v) is 5.19. The molecule has 1 aromatic rings. The van der Waals surface area contributed by atoms with E-state index >= 15 is 0 Å². The minimum atomic E-state index is -3.12. The summed E-state index contributed by atoms with van der Waals surface area (Å²) in [6, 6.07) is 8.27. The predicted molar refractivity (Wildman–Crippen MR) is 95.9 cm³/mol. The first kappa shape index (κ1) is 18.4. The van der Waals surface area contributed by atoms with Crippen molar-refractivity contribution in [2.24, 2.45) is 5.41 Å². The summed E-state index contributed by atoms with van der Waals surface area (Å²) in [5, 5.41) is 11.8. The molecule has 0 radical (unpaired) electrons. The Morgan fingerprint density at radius 2 is 2.04 bits per heavy atom. The molecule has 26 heavy (non-hydrogen) atoms. The number of nitrogens with one attached hydrogen (secondary N) is 1. The van der Waals surface area contributed by atoms with Crippen molar-refractivity contribution < 1.29 is 18.0 Å². The van der Waals surface area contributed by atoms with Gasteiger partial charge in [0.1, 0.15) is 11.5 Å². The Morgan fingerprint density at radius 3 is 2.58 bits per heavy atom. The van der Waals surface area contributed by atoms with E-state index in [0.717, 1.165) is 0 Å². The van der Waals surface area contributed by atoms with E-state index in [1.165, 1.54) is 4.90 Å². The van der Waals surface area contributed by atoms with Crippen molar-refractivity contribution in [2.45, 2.75) is 32.2 Å². The molecule has 2 fully saturated rings. The van der Waals surface area contributed by atoms with Crippen LogP contribution in [-0.4, -0.2) is 49.2 Å². The Bertz CT molecular complexity index is 884. The van der Waals surface area contributed by atoms with Crippen LogP contribution < -0.4 is 5.32 Å². The van der Waals surface area contributed by atoms with E-state index in [9.17, 15) is 18.0 Å². The highest BCUT2D eigenvalue weighted by Gasteiger charge is 2.59. The van der Waals surface area contributed by atoms with Crippen LogP contribution in [0.15, 0.2) is 24.3 Å². The third-order valence-corrected chi connectivity index (χ3v) is 6.89. The van der Waals surface area contributed by atoms with Crippen LogP contribution in [0.2, 0.25) is 0 Å². The Morgan fingerprint density at radius 1 is 1.35 bits per heavy atom. The van der Waals surface area contributed by atoms with Crippen molar-refractivity contribution in [3.8, 4) is 6.07 Å². The molecule has 0 spiro atoms. The fourth-order valence-electron chi connectivity index (χ4n) is 3.46. The molecule has 3 rings (SSSR count). The molecule has 1 heterocycles. The molecule has 1 N–H and O–H groups in total. The number of hydrogen-bond acceptors (Lipinski definition) is 5. The standard InChI is InChI=1S/C18H21N3O4S/c1-2-21(14-7-10-26(24,25)12-14)17(23)18(8-9-18)16(22)20-15-6-4-3-5-13(15)11-19/h3-6,14H,2,7-10,12H2,1H3,(H,20,22). The Kier molecular flexibility index (Phi) is 4.76. The number of anilines is 1. The second-order valence-corrected chi connectivity index (χ2v) is 9.07. The molecule has 7 nitrogen and oxygen atoms in total. The first-order chi connectivity index (χ1) is 12.3. The van der Waals surface area contributed by atoms with Gasteiger partial charge in [-0.2, -0.15) is 5.26 Å². The molecule has 138 valence electrons. The molecular formula is C18H21N3O4S. The van der Waals surface area contributed by atoms with Gasteiger partial charge < -0.3 is 10.2 Å². The largest absolute Gasteiger partial charge is 0.338 e. The number of para-hydroxylation sites is 1. The lowest BCUT2D eigenvalue weighted by Gasteiger charge is -2.30. The van der Waals surface area contributed by atoms with Crippen LogP contribution in [0, 0.1) is 16.7 Å². The summed E-state index contributed by atoms with van der Waals surface area (Å²) >= 11 is 0. The zero-order valence-electron chi connectivity index (χ0n) is 14.6. The molecule has 0 bridgehead atoms. The van der Waals surface area contributed by atoms with Gasteiger partial charge in [0.05, 0.1) is 22.8 Å². The molecule has 1 aromatic carbocycles. The predicted octanol–water partition coefficient (Wildman–Crippen LogP) is 1.31. The van der Waals surface area contributed by atoms with Gasteiger partial charge in [0.15, 0.2) is 9.84 Å². The maximum Gasteiger partial charge on any atom is 0.240 e. The minimum Gasteiger partial charge on any atom is -0.338 e. The lowest BCUT2D eigenvalue weighted by Crippen LogP contribution is -2.48. The molecular weight excluding hydrogens is 354 g/mol. The van der Waals surface area contributed by atoms with Gasteiger partial charge in [-0.3, -0.25) is 9.59 Å². The SMILES string of the molecule is CCN(C(=O)C1(C(=O)Nc2ccccc2C#N)CC1)C1CCS(=O)(=O)C1. The molecule has 0 aromatic heterocycles. The molecule has 1 saturated carbocycles. The van der Waals surface area contributed by atoms with Gasteiger partial charge in [0.25, 0.3) is 0 Å². The fraction of sp³-hybridized carbons (Fsp3) is 0.500. The van der Waals surface area contributed by atoms with Crippen molar-refractivity contribution in [1.29, 1.82) is 5.26 Å². The number of carbonyl (C=O) groups excluding carboxylic acids is 2. The van der Waals surface area contributed by atoms with Crippen LogP contribution in [0.1, 0.15) is 31.7 Å². The molecule has 1 aliphatic heterocycles. The summed E-state index contributed by atoms with van der Waals surface area (Å²) < 4.78 is 23.5. The number of hydrogen-bond donors (Lipinski definition) is 1. The third-order valence-electron chi connectivity index (χ3n) is 5.14. The van der Waals surface area contributed by atoms with Gasteiger partial charge in [-0.05, 0) is 38.3 Å². The number of amides is 2. The first-order valence-corrected chi connectivity index (χ1v) is 10.5. The number of benzene rings is 1. The van der Waals surface area contributed by atoms with Crippen LogP contribution in [0.4, 0.5) is 5.69 Å². The number of nitrogens with zero attached hydrogens (tertiary/aromatic N) is 2. The quantitative estimate of drug-likeness (QED) is 0.781. The topological polar surface area (TPSA) is 107 Å². The van der Waals surface area contributed by atoms with E-state index in [2.05, 4.69) is 5.32 Å². The van der Waals surface area contributed by atoms with E-state index < -0.39 is 21.2 Å². The summed E-state index contributed by atoms with van der Waals surface area (Å²) in [5.41, 5.74) is -0.436. The Hall–Kier alpha value is -2.40. The van der Waals surface area contributed by atoms with Gasteiger partial charge in [-0.1, -0.05) is 12.1 Å². The minimum absolute atomic E-state index is 0.0401. The van der Waals surface area contributed by atoms with E-state index in [1.54, 1.807) is 31.2 Å². The highest BCUT2D eigenvalue weighted by Crippen LogP contribution is 2.49. The van der Waals surface area contributed by atoms with E-state index in [1.807, 2.05) is 6.07 Å². The third kappa shape index (κ3) is 3.31. The number of sulfone groups is 1. The van der Waals surface area contributed by atoms with Crippen molar-refractivity contribution >= 4 is 27.3 Å². The molecule has 8 heteroatoms. The lowest BCUT2D eigenvalue weighted by molar-refractivity contribution is -0.143. The van der Waals surface area contributed by atoms with Crippen LogP contribution >= 0.6 is 0 Å². The van der Waals surface area contributed by atoms with Crippen LogP contribution in [0.25, 0.3) is 0 Å². The second kappa shape index (κ2) is 6.72. The second-order valence-electron chi connectivity index (χ2n) is 6.84. The van der Waals surface area contributed by atoms with Gasteiger partial charge in [-0.15, -0.1) is 0 Å². The molecule has 1 saturated heterocycles. The van der Waals surface area contributed by atoms with E-state index in [0.29, 0.717) is 37.1 Å². The lowest BCUT2D eigenvalue weighted by atomic mass is 10.0. The van der Waals surface area contributed by atoms with Gasteiger partial charge in [-0.25, -0.2) is 8.42 Å². The van der Waals surface area contributed by atoms with Crippen LogP contribution in [0.3, 0.4) is 0 Å². The van der Waals surface area contributed by atoms with Gasteiger partial charge in [0.2, 0.25) is 11.8 Å². The molecule has 1 aliphatic carbocycles. The molecule has 1 unspecified atom stereocenters. The zero-order chi connectivity index (χ0) is 18.9.